The molecule has 2 aliphatic carbocycles. The highest BCUT2D eigenvalue weighted by Crippen LogP contribution is 2.59. The summed E-state index contributed by atoms with van der Waals surface area (Å²) in [5.41, 5.74) is 29.2. The Balaban J connectivity index is 0.715. The van der Waals surface area contributed by atoms with E-state index in [2.05, 4.69) is 366 Å². The first kappa shape index (κ1) is 60.5. The first-order valence-corrected chi connectivity index (χ1v) is 36.8. The lowest BCUT2D eigenvalue weighted by molar-refractivity contribution is 0.767. The molecule has 6 heteroatoms. The molecule has 0 atom stereocenters. The highest BCUT2D eigenvalue weighted by Gasteiger charge is 2.48. The minimum absolute atomic E-state index is 0.535. The third-order valence-corrected chi connectivity index (χ3v) is 23.1. The monoisotopic (exact) mass is 1360 g/mol. The number of fused-ring (bicyclic) bond motifs is 15. The number of benzene rings is 16. The maximum absolute atomic E-state index is 5.39. The van der Waals surface area contributed by atoms with Crippen LogP contribution in [-0.2, 0) is 10.8 Å². The molecule has 0 bridgehead atoms. The van der Waals surface area contributed by atoms with Crippen molar-refractivity contribution in [2.24, 2.45) is 0 Å². The summed E-state index contributed by atoms with van der Waals surface area (Å²) in [6.07, 6.45) is 0. The van der Waals surface area contributed by atoms with E-state index in [0.717, 1.165) is 88.6 Å². The van der Waals surface area contributed by atoms with Crippen LogP contribution in [0.3, 0.4) is 0 Å². The van der Waals surface area contributed by atoms with E-state index in [-0.39, 0.29) is 0 Å². The number of rotatable bonds is 11. The Morgan fingerprint density at radius 3 is 0.850 bits per heavy atom. The molecule has 0 fully saturated rings. The Labute approximate surface area is 618 Å². The van der Waals surface area contributed by atoms with Crippen LogP contribution in [0.2, 0.25) is 0 Å². The number of hydrogen-bond acceptors (Lipinski definition) is 3. The fraction of sp³-hybridized carbons (Fsp3) is 0.0198. The second kappa shape index (κ2) is 23.7. The molecule has 4 aromatic heterocycles. The molecule has 107 heavy (non-hydrogen) atoms. The van der Waals surface area contributed by atoms with Crippen molar-refractivity contribution in [3.63, 3.8) is 0 Å². The molecule has 4 heterocycles. The van der Waals surface area contributed by atoms with Gasteiger partial charge in [0.15, 0.2) is 11.6 Å². The molecule has 0 radical (unpaired) electrons. The van der Waals surface area contributed by atoms with Crippen molar-refractivity contribution in [2.45, 2.75) is 10.8 Å². The van der Waals surface area contributed by atoms with Crippen molar-refractivity contribution < 1.29 is 0 Å². The van der Waals surface area contributed by atoms with Gasteiger partial charge >= 0.3 is 0 Å². The Bertz CT molecular complexity index is 6480. The van der Waals surface area contributed by atoms with E-state index in [1.54, 1.807) is 0 Å². The van der Waals surface area contributed by atoms with Gasteiger partial charge in [0.05, 0.1) is 43.9 Å². The zero-order valence-corrected chi connectivity index (χ0v) is 58.1. The van der Waals surface area contributed by atoms with Gasteiger partial charge in [0.2, 0.25) is 5.95 Å². The van der Waals surface area contributed by atoms with E-state index < -0.39 is 10.8 Å². The minimum Gasteiger partial charge on any atom is -0.309 e. The Morgan fingerprint density at radius 2 is 0.477 bits per heavy atom. The van der Waals surface area contributed by atoms with Gasteiger partial charge in [0.25, 0.3) is 0 Å². The number of nitrogens with zero attached hydrogens (tertiary/aromatic N) is 6. The van der Waals surface area contributed by atoms with E-state index >= 15 is 0 Å². The van der Waals surface area contributed by atoms with Gasteiger partial charge in [-0.1, -0.05) is 303 Å². The second-order valence-corrected chi connectivity index (χ2v) is 28.5. The summed E-state index contributed by atoms with van der Waals surface area (Å²) in [6, 6.07) is 143. The van der Waals surface area contributed by atoms with Crippen molar-refractivity contribution in [1.82, 2.24) is 28.7 Å². The first-order chi connectivity index (χ1) is 53.1. The first-order valence-electron chi connectivity index (χ1n) is 36.8. The predicted octanol–water partition coefficient (Wildman–Crippen LogP) is 24.6. The molecular formula is C101H64N6. The van der Waals surface area contributed by atoms with Crippen molar-refractivity contribution in [3.05, 3.63) is 433 Å². The van der Waals surface area contributed by atoms with Gasteiger partial charge in [-0.3, -0.25) is 4.57 Å². The van der Waals surface area contributed by atoms with Crippen LogP contribution in [0.4, 0.5) is 0 Å². The summed E-state index contributed by atoms with van der Waals surface area (Å²) in [5, 5.41) is 6.92. The van der Waals surface area contributed by atoms with Crippen molar-refractivity contribution >= 4 is 65.4 Å². The normalized spacial score (nSPS) is 13.2. The van der Waals surface area contributed by atoms with Crippen molar-refractivity contribution in [2.75, 3.05) is 0 Å². The zero-order valence-electron chi connectivity index (χ0n) is 58.1. The predicted molar refractivity (Wildman–Crippen MR) is 439 cm³/mol. The van der Waals surface area contributed by atoms with Crippen LogP contribution in [0.25, 0.3) is 150 Å². The van der Waals surface area contributed by atoms with Gasteiger partial charge in [-0.25, -0.2) is 4.98 Å². The molecule has 22 rings (SSSR count). The SMILES string of the molecule is c1ccc(-c2nc(-c3ccccc3)nc(-n3c4ccc(-c5ccc6c(c5)c5ccccc5n6-c5ccc6c(c5)C(c5ccccc5)(c5ccccc5)c5ccccc5-6)cc4c4cc(-c5ccc6c(c5)c5ccccc5n6-c5ccc6c(c5)C(c5ccccc5)(c5ccccc5)c5ccccc5-6)ccc43)n2)cc1. The molecule has 0 spiro atoms. The smallest absolute Gasteiger partial charge is 0.238 e. The summed E-state index contributed by atoms with van der Waals surface area (Å²) in [4.78, 5) is 15.9. The average Bonchev–Trinajstić information content (AvgIpc) is 1.49. The van der Waals surface area contributed by atoms with Crippen molar-refractivity contribution in [1.29, 1.82) is 0 Å². The summed E-state index contributed by atoms with van der Waals surface area (Å²) in [6.45, 7) is 0. The summed E-state index contributed by atoms with van der Waals surface area (Å²) in [7, 11) is 0. The Kier molecular flexibility index (Phi) is 13.4. The van der Waals surface area contributed by atoms with E-state index in [1.807, 2.05) is 36.4 Å². The Hall–Kier alpha value is -14.1. The molecule has 6 nitrogen and oxygen atoms in total. The van der Waals surface area contributed by atoms with Crippen LogP contribution >= 0.6 is 0 Å². The summed E-state index contributed by atoms with van der Waals surface area (Å²) >= 11 is 0. The van der Waals surface area contributed by atoms with Crippen LogP contribution < -0.4 is 0 Å². The van der Waals surface area contributed by atoms with Crippen LogP contribution in [0, 0.1) is 0 Å². The van der Waals surface area contributed by atoms with E-state index in [0.29, 0.717) is 17.6 Å². The molecule has 20 aromatic rings. The minimum atomic E-state index is -0.535. The second-order valence-electron chi connectivity index (χ2n) is 28.5. The van der Waals surface area contributed by atoms with Gasteiger partial charge in [0, 0.05) is 54.8 Å². The third-order valence-electron chi connectivity index (χ3n) is 23.1. The highest BCUT2D eigenvalue weighted by molar-refractivity contribution is 6.15. The molecular weight excluding hydrogens is 1300 g/mol. The lowest BCUT2D eigenvalue weighted by Gasteiger charge is -2.34. The molecule has 0 N–H and O–H groups in total. The topological polar surface area (TPSA) is 53.5 Å². The standard InChI is InChI=1S/C101H64N6/c1-7-27-65(28-8-1)97-102-98(66-29-9-2-10-30-66)104-99(103-97)107-95-57-49-69(67-47-55-93-83(59-67)81-41-21-25-45-91(81)105(93)75-51-53-79-77-39-19-23-43-87(77)100(89(79)63-75,71-31-11-3-12-32-71)72-33-13-4-14-34-72)61-85(95)86-62-70(50-58-96(86)107)68-48-56-94-84(60-68)82-42-22-26-46-92(82)106(94)76-52-54-80-78-40-20-24-44-88(78)101(90(80)64-76,73-35-15-5-16-36-73)74-37-17-6-18-38-74/h1-64H. The maximum atomic E-state index is 5.39. The summed E-state index contributed by atoms with van der Waals surface area (Å²) < 4.78 is 7.19. The molecule has 0 saturated carbocycles. The van der Waals surface area contributed by atoms with Crippen LogP contribution in [0.15, 0.2) is 388 Å². The molecule has 0 amide bonds. The van der Waals surface area contributed by atoms with E-state index in [1.165, 1.54) is 88.3 Å². The van der Waals surface area contributed by atoms with E-state index in [4.69, 9.17) is 15.0 Å². The van der Waals surface area contributed by atoms with Crippen LogP contribution in [0.1, 0.15) is 44.5 Å². The molecule has 0 unspecified atom stereocenters. The number of para-hydroxylation sites is 2. The summed E-state index contributed by atoms with van der Waals surface area (Å²) in [5.74, 6) is 1.75. The molecule has 0 saturated heterocycles. The Morgan fingerprint density at radius 1 is 0.187 bits per heavy atom. The van der Waals surface area contributed by atoms with Crippen LogP contribution in [-0.4, -0.2) is 28.7 Å². The molecule has 498 valence electrons. The van der Waals surface area contributed by atoms with Gasteiger partial charge in [-0.15, -0.1) is 0 Å². The van der Waals surface area contributed by atoms with Gasteiger partial charge in [-0.2, -0.15) is 9.97 Å². The lowest BCUT2D eigenvalue weighted by atomic mass is 9.67. The van der Waals surface area contributed by atoms with E-state index in [9.17, 15) is 0 Å². The van der Waals surface area contributed by atoms with Gasteiger partial charge in [0.1, 0.15) is 0 Å². The van der Waals surface area contributed by atoms with Crippen molar-refractivity contribution in [3.8, 4) is 84.6 Å². The quantitative estimate of drug-likeness (QED) is 0.130. The third kappa shape index (κ3) is 8.97. The molecule has 2 aliphatic rings. The molecule has 16 aromatic carbocycles. The maximum Gasteiger partial charge on any atom is 0.238 e. The fourth-order valence-electron chi connectivity index (χ4n) is 18.5. The lowest BCUT2D eigenvalue weighted by Crippen LogP contribution is -2.28. The molecule has 0 aliphatic heterocycles. The number of hydrogen-bond donors (Lipinski definition) is 0. The van der Waals surface area contributed by atoms with Crippen LogP contribution in [0.5, 0.6) is 0 Å². The average molecular weight is 1360 g/mol. The highest BCUT2D eigenvalue weighted by atomic mass is 15.2. The van der Waals surface area contributed by atoms with Gasteiger partial charge < -0.3 is 9.13 Å². The van der Waals surface area contributed by atoms with Gasteiger partial charge in [-0.05, 0) is 174 Å². The largest absolute Gasteiger partial charge is 0.309 e. The number of aromatic nitrogens is 6. The zero-order chi connectivity index (χ0) is 70.3. The fourth-order valence-corrected chi connectivity index (χ4v) is 18.5.